The largest absolute Gasteiger partial charge is 0.492 e. The molecule has 0 amide bonds. The topological polar surface area (TPSA) is 53.1 Å². The molecule has 0 spiro atoms. The van der Waals surface area contributed by atoms with E-state index >= 15 is 0 Å². The minimum Gasteiger partial charge on any atom is -0.492 e. The second kappa shape index (κ2) is 6.13. The highest BCUT2D eigenvalue weighted by Crippen LogP contribution is 2.17. The van der Waals surface area contributed by atoms with Gasteiger partial charge in [-0.05, 0) is 24.3 Å². The van der Waals surface area contributed by atoms with Gasteiger partial charge in [0.05, 0.1) is 6.54 Å². The van der Waals surface area contributed by atoms with E-state index in [-0.39, 0.29) is 0 Å². The van der Waals surface area contributed by atoms with E-state index in [1.807, 2.05) is 54.9 Å². The third-order valence-electron chi connectivity index (χ3n) is 3.23. The van der Waals surface area contributed by atoms with Crippen LogP contribution in [-0.2, 0) is 6.54 Å². The van der Waals surface area contributed by atoms with Crippen molar-refractivity contribution < 1.29 is 4.74 Å². The zero-order valence-corrected chi connectivity index (χ0v) is 11.6. The molecule has 1 heterocycles. The Bertz CT molecular complexity index is 690. The van der Waals surface area contributed by atoms with Gasteiger partial charge in [-0.25, -0.2) is 4.98 Å². The molecule has 0 aliphatic rings. The standard InChI is InChI=1S/C17H17N3O/c18-15-6-8-16(9-7-15)21-13-12-20-11-10-19-17(20)14-4-2-1-3-5-14/h1-11H,12-13,18H2. The molecule has 1 aromatic heterocycles. The molecule has 0 saturated heterocycles. The zero-order chi connectivity index (χ0) is 14.5. The zero-order valence-electron chi connectivity index (χ0n) is 11.6. The maximum Gasteiger partial charge on any atom is 0.139 e. The molecule has 0 unspecified atom stereocenters. The van der Waals surface area contributed by atoms with E-state index in [9.17, 15) is 0 Å². The molecule has 4 heteroatoms. The maximum atomic E-state index is 5.72. The monoisotopic (exact) mass is 279 g/mol. The van der Waals surface area contributed by atoms with E-state index in [4.69, 9.17) is 10.5 Å². The smallest absolute Gasteiger partial charge is 0.139 e. The van der Waals surface area contributed by atoms with Crippen molar-refractivity contribution in [2.24, 2.45) is 0 Å². The Kier molecular flexibility index (Phi) is 3.87. The van der Waals surface area contributed by atoms with Crippen molar-refractivity contribution in [3.8, 4) is 17.1 Å². The van der Waals surface area contributed by atoms with E-state index in [2.05, 4.69) is 21.7 Å². The van der Waals surface area contributed by atoms with Crippen molar-refractivity contribution in [1.29, 1.82) is 0 Å². The van der Waals surface area contributed by atoms with Crippen LogP contribution in [0.3, 0.4) is 0 Å². The first-order chi connectivity index (χ1) is 10.3. The lowest BCUT2D eigenvalue weighted by Gasteiger charge is -2.10. The molecule has 0 atom stereocenters. The van der Waals surface area contributed by atoms with Gasteiger partial charge in [-0.15, -0.1) is 0 Å². The highest BCUT2D eigenvalue weighted by Gasteiger charge is 2.05. The molecule has 0 aliphatic carbocycles. The number of nitrogen functional groups attached to an aromatic ring is 1. The van der Waals surface area contributed by atoms with Crippen molar-refractivity contribution in [3.05, 3.63) is 67.0 Å². The molecule has 0 aliphatic heterocycles. The van der Waals surface area contributed by atoms with Crippen LogP contribution in [0.15, 0.2) is 67.0 Å². The van der Waals surface area contributed by atoms with Gasteiger partial charge in [-0.2, -0.15) is 0 Å². The molecule has 0 bridgehead atoms. The van der Waals surface area contributed by atoms with Crippen LogP contribution in [0.1, 0.15) is 0 Å². The van der Waals surface area contributed by atoms with Crippen LogP contribution in [-0.4, -0.2) is 16.2 Å². The number of hydrogen-bond acceptors (Lipinski definition) is 3. The van der Waals surface area contributed by atoms with Gasteiger partial charge in [-0.1, -0.05) is 30.3 Å². The summed E-state index contributed by atoms with van der Waals surface area (Å²) in [4.78, 5) is 4.41. The molecule has 2 aromatic carbocycles. The van der Waals surface area contributed by atoms with Crippen molar-refractivity contribution in [3.63, 3.8) is 0 Å². The van der Waals surface area contributed by atoms with Crippen LogP contribution in [0, 0.1) is 0 Å². The fourth-order valence-corrected chi connectivity index (χ4v) is 2.16. The fourth-order valence-electron chi connectivity index (χ4n) is 2.16. The summed E-state index contributed by atoms with van der Waals surface area (Å²) in [6.45, 7) is 1.33. The number of rotatable bonds is 5. The van der Waals surface area contributed by atoms with Crippen LogP contribution < -0.4 is 10.5 Å². The minimum absolute atomic E-state index is 0.583. The number of imidazole rings is 1. The van der Waals surface area contributed by atoms with E-state index in [1.165, 1.54) is 0 Å². The van der Waals surface area contributed by atoms with Crippen LogP contribution >= 0.6 is 0 Å². The molecule has 3 rings (SSSR count). The Morgan fingerprint density at radius 2 is 1.76 bits per heavy atom. The molecule has 0 saturated carbocycles. The summed E-state index contributed by atoms with van der Waals surface area (Å²) in [5.74, 6) is 1.78. The van der Waals surface area contributed by atoms with E-state index in [1.54, 1.807) is 0 Å². The summed E-state index contributed by atoms with van der Waals surface area (Å²) in [5, 5.41) is 0. The third kappa shape index (κ3) is 3.23. The van der Waals surface area contributed by atoms with Gasteiger partial charge in [-0.3, -0.25) is 0 Å². The highest BCUT2D eigenvalue weighted by molar-refractivity contribution is 5.55. The first-order valence-corrected chi connectivity index (χ1v) is 6.88. The van der Waals surface area contributed by atoms with Gasteiger partial charge >= 0.3 is 0 Å². The predicted molar refractivity (Wildman–Crippen MR) is 84.0 cm³/mol. The number of nitrogens with zero attached hydrogens (tertiary/aromatic N) is 2. The van der Waals surface area contributed by atoms with Crippen LogP contribution in [0.2, 0.25) is 0 Å². The van der Waals surface area contributed by atoms with Gasteiger partial charge in [0.25, 0.3) is 0 Å². The van der Waals surface area contributed by atoms with Crippen LogP contribution in [0.25, 0.3) is 11.4 Å². The molecule has 21 heavy (non-hydrogen) atoms. The average molecular weight is 279 g/mol. The Morgan fingerprint density at radius 1 is 1.00 bits per heavy atom. The predicted octanol–water partition coefficient (Wildman–Crippen LogP) is 3.21. The number of benzene rings is 2. The van der Waals surface area contributed by atoms with E-state index in [0.29, 0.717) is 6.61 Å². The summed E-state index contributed by atoms with van der Waals surface area (Å²) in [6, 6.07) is 17.6. The number of aromatic nitrogens is 2. The third-order valence-corrected chi connectivity index (χ3v) is 3.23. The first-order valence-electron chi connectivity index (χ1n) is 6.88. The number of hydrogen-bond donors (Lipinski definition) is 1. The van der Waals surface area contributed by atoms with Crippen molar-refractivity contribution in [2.75, 3.05) is 12.3 Å². The van der Waals surface area contributed by atoms with Crippen molar-refractivity contribution in [2.45, 2.75) is 6.54 Å². The van der Waals surface area contributed by atoms with E-state index in [0.717, 1.165) is 29.4 Å². The maximum absolute atomic E-state index is 5.72. The second-order valence-corrected chi connectivity index (χ2v) is 4.73. The SMILES string of the molecule is Nc1ccc(OCCn2ccnc2-c2ccccc2)cc1. The summed E-state index contributed by atoms with van der Waals surface area (Å²) >= 11 is 0. The molecule has 0 fully saturated rings. The number of nitrogens with two attached hydrogens (primary N) is 1. The lowest BCUT2D eigenvalue weighted by molar-refractivity contribution is 0.299. The number of anilines is 1. The Labute approximate surface area is 123 Å². The molecule has 0 radical (unpaired) electrons. The Balaban J connectivity index is 1.64. The lowest BCUT2D eigenvalue weighted by atomic mass is 10.2. The molecular formula is C17H17N3O. The first kappa shape index (κ1) is 13.2. The van der Waals surface area contributed by atoms with Gasteiger partial charge in [0.1, 0.15) is 18.2 Å². The van der Waals surface area contributed by atoms with Crippen LogP contribution in [0.4, 0.5) is 5.69 Å². The van der Waals surface area contributed by atoms with Crippen molar-refractivity contribution in [1.82, 2.24) is 9.55 Å². The van der Waals surface area contributed by atoms with Gasteiger partial charge in [0.15, 0.2) is 0 Å². The summed E-state index contributed by atoms with van der Waals surface area (Å²) in [6.07, 6.45) is 3.78. The Hall–Kier alpha value is -2.75. The van der Waals surface area contributed by atoms with Gasteiger partial charge in [0.2, 0.25) is 0 Å². The van der Waals surface area contributed by atoms with Crippen molar-refractivity contribution >= 4 is 5.69 Å². The summed E-state index contributed by atoms with van der Waals surface area (Å²) < 4.78 is 7.81. The summed E-state index contributed by atoms with van der Waals surface area (Å²) in [7, 11) is 0. The quantitative estimate of drug-likeness (QED) is 0.730. The molecule has 106 valence electrons. The second-order valence-electron chi connectivity index (χ2n) is 4.73. The summed E-state index contributed by atoms with van der Waals surface area (Å²) in [5.41, 5.74) is 7.49. The normalized spacial score (nSPS) is 10.5. The van der Waals surface area contributed by atoms with Crippen LogP contribution in [0.5, 0.6) is 5.75 Å². The van der Waals surface area contributed by atoms with Gasteiger partial charge in [0, 0.05) is 23.6 Å². The Morgan fingerprint density at radius 3 is 2.52 bits per heavy atom. The molecule has 3 aromatic rings. The lowest BCUT2D eigenvalue weighted by Crippen LogP contribution is -2.08. The van der Waals surface area contributed by atoms with Gasteiger partial charge < -0.3 is 15.0 Å². The molecule has 4 nitrogen and oxygen atoms in total. The number of ether oxygens (including phenoxy) is 1. The highest BCUT2D eigenvalue weighted by atomic mass is 16.5. The molecule has 2 N–H and O–H groups in total. The minimum atomic E-state index is 0.583. The van der Waals surface area contributed by atoms with E-state index < -0.39 is 0 Å². The molecular weight excluding hydrogens is 262 g/mol. The fraction of sp³-hybridized carbons (Fsp3) is 0.118. The average Bonchev–Trinajstić information content (AvgIpc) is 2.99.